The minimum absolute atomic E-state index is 0.0450. The van der Waals surface area contributed by atoms with E-state index in [4.69, 9.17) is 0 Å². The van der Waals surface area contributed by atoms with Crippen LogP contribution in [0.15, 0.2) is 47.4 Å². The van der Waals surface area contributed by atoms with Crippen LogP contribution >= 0.6 is 0 Å². The molecular formula is C19H17N5O3S. The maximum Gasteiger partial charge on any atom is 0.249 e. The third kappa shape index (κ3) is 2.93. The van der Waals surface area contributed by atoms with Crippen molar-refractivity contribution in [1.29, 1.82) is 0 Å². The van der Waals surface area contributed by atoms with E-state index < -0.39 is 9.84 Å². The molecule has 142 valence electrons. The first-order valence-corrected chi connectivity index (χ1v) is 10.8. The molecule has 4 aromatic rings. The Hall–Kier alpha value is -3.20. The van der Waals surface area contributed by atoms with Gasteiger partial charge >= 0.3 is 0 Å². The topological polar surface area (TPSA) is 109 Å². The smallest absolute Gasteiger partial charge is 0.249 e. The molecule has 0 radical (unpaired) electrons. The van der Waals surface area contributed by atoms with Crippen LogP contribution in [0.4, 0.5) is 5.95 Å². The predicted octanol–water partition coefficient (Wildman–Crippen LogP) is 2.63. The molecule has 0 aliphatic heterocycles. The molecule has 0 spiro atoms. The number of carbonyl (C=O) groups excluding carboxylic acids is 1. The van der Waals surface area contributed by atoms with Gasteiger partial charge in [-0.3, -0.25) is 10.1 Å². The van der Waals surface area contributed by atoms with Gasteiger partial charge in [-0.15, -0.1) is 5.10 Å². The van der Waals surface area contributed by atoms with Crippen molar-refractivity contribution in [3.8, 4) is 11.4 Å². The number of pyridine rings is 1. The van der Waals surface area contributed by atoms with Gasteiger partial charge in [-0.25, -0.2) is 12.9 Å². The Morgan fingerprint density at radius 3 is 2.79 bits per heavy atom. The van der Waals surface area contributed by atoms with Gasteiger partial charge in [0.1, 0.15) is 0 Å². The molecule has 1 fully saturated rings. The molecule has 3 aromatic heterocycles. The van der Waals surface area contributed by atoms with Crippen molar-refractivity contribution in [1.82, 2.24) is 19.6 Å². The number of nitrogens with zero attached hydrogens (tertiary/aromatic N) is 3. The van der Waals surface area contributed by atoms with E-state index in [1.54, 1.807) is 22.7 Å². The average Bonchev–Trinajstić information content (AvgIpc) is 3.28. The van der Waals surface area contributed by atoms with Gasteiger partial charge in [-0.05, 0) is 49.2 Å². The van der Waals surface area contributed by atoms with E-state index in [0.717, 1.165) is 35.1 Å². The van der Waals surface area contributed by atoms with E-state index in [9.17, 15) is 13.2 Å². The number of rotatable bonds is 4. The Balaban J connectivity index is 1.58. The summed E-state index contributed by atoms with van der Waals surface area (Å²) in [4.78, 5) is 19.9. The summed E-state index contributed by atoms with van der Waals surface area (Å²) >= 11 is 0. The number of aromatic amines is 1. The number of fused-ring (bicyclic) bond motifs is 2. The quantitative estimate of drug-likeness (QED) is 0.552. The van der Waals surface area contributed by atoms with Crippen LogP contribution < -0.4 is 5.32 Å². The molecule has 8 nitrogen and oxygen atoms in total. The summed E-state index contributed by atoms with van der Waals surface area (Å²) in [6.07, 6.45) is 3.01. The van der Waals surface area contributed by atoms with Crippen molar-refractivity contribution in [2.75, 3.05) is 11.6 Å². The van der Waals surface area contributed by atoms with Gasteiger partial charge in [0.05, 0.1) is 16.3 Å². The van der Waals surface area contributed by atoms with Crippen LogP contribution in [0.5, 0.6) is 0 Å². The number of hydrogen-bond donors (Lipinski definition) is 2. The van der Waals surface area contributed by atoms with Crippen molar-refractivity contribution in [2.45, 2.75) is 17.7 Å². The molecule has 1 amide bonds. The number of carbonyl (C=O) groups is 1. The highest BCUT2D eigenvalue weighted by molar-refractivity contribution is 7.90. The normalized spacial score (nSPS) is 14.6. The zero-order chi connectivity index (χ0) is 19.5. The highest BCUT2D eigenvalue weighted by Crippen LogP contribution is 2.30. The first kappa shape index (κ1) is 16.9. The number of aromatic nitrogens is 4. The fourth-order valence-electron chi connectivity index (χ4n) is 3.20. The van der Waals surface area contributed by atoms with Gasteiger partial charge in [0, 0.05) is 23.1 Å². The number of benzene rings is 1. The highest BCUT2D eigenvalue weighted by Gasteiger charge is 2.30. The number of hydrogen-bond acceptors (Lipinski definition) is 5. The Morgan fingerprint density at radius 1 is 1.21 bits per heavy atom. The van der Waals surface area contributed by atoms with Gasteiger partial charge < -0.3 is 4.98 Å². The molecule has 0 unspecified atom stereocenters. The Morgan fingerprint density at radius 2 is 2.04 bits per heavy atom. The Kier molecular flexibility index (Phi) is 3.57. The van der Waals surface area contributed by atoms with Crippen LogP contribution in [-0.4, -0.2) is 40.2 Å². The second-order valence-corrected chi connectivity index (χ2v) is 9.10. The zero-order valence-electron chi connectivity index (χ0n) is 15.0. The lowest BCUT2D eigenvalue weighted by atomic mass is 10.2. The first-order valence-electron chi connectivity index (χ1n) is 8.88. The molecule has 0 atom stereocenters. The van der Waals surface area contributed by atoms with Gasteiger partial charge in [0.15, 0.2) is 15.5 Å². The second kappa shape index (κ2) is 5.90. The number of H-pyrrole nitrogens is 1. The van der Waals surface area contributed by atoms with Crippen molar-refractivity contribution >= 4 is 38.2 Å². The molecule has 2 N–H and O–H groups in total. The number of anilines is 1. The summed E-state index contributed by atoms with van der Waals surface area (Å²) in [7, 11) is -3.28. The van der Waals surface area contributed by atoms with Crippen LogP contribution in [0, 0.1) is 5.92 Å². The zero-order valence-corrected chi connectivity index (χ0v) is 15.8. The predicted molar refractivity (Wildman–Crippen MR) is 105 cm³/mol. The van der Waals surface area contributed by atoms with Crippen LogP contribution in [0.3, 0.4) is 0 Å². The second-order valence-electron chi connectivity index (χ2n) is 7.08. The summed E-state index contributed by atoms with van der Waals surface area (Å²) in [6.45, 7) is 0. The van der Waals surface area contributed by atoms with E-state index in [2.05, 4.69) is 20.4 Å². The standard InChI is InChI=1S/C19H17N5O3S/c1-28(26,27)13-7-8-14-12(9-13)10-15(20-14)16-3-2-4-17-21-19(23-24(16)17)22-18(25)11-5-6-11/h2-4,7-11,20H,5-6H2,1H3,(H,22,23,25). The van der Waals surface area contributed by atoms with E-state index in [-0.39, 0.29) is 22.7 Å². The molecular weight excluding hydrogens is 378 g/mol. The minimum atomic E-state index is -3.28. The molecule has 1 aromatic carbocycles. The summed E-state index contributed by atoms with van der Waals surface area (Å²) in [6, 6.07) is 12.4. The van der Waals surface area contributed by atoms with Crippen molar-refractivity contribution < 1.29 is 13.2 Å². The van der Waals surface area contributed by atoms with E-state index in [0.29, 0.717) is 5.65 Å². The monoisotopic (exact) mass is 395 g/mol. The van der Waals surface area contributed by atoms with Crippen LogP contribution in [-0.2, 0) is 14.6 Å². The maximum absolute atomic E-state index is 12.0. The van der Waals surface area contributed by atoms with Crippen LogP contribution in [0.25, 0.3) is 27.9 Å². The minimum Gasteiger partial charge on any atom is -0.353 e. The van der Waals surface area contributed by atoms with Gasteiger partial charge in [-0.2, -0.15) is 4.98 Å². The third-order valence-electron chi connectivity index (χ3n) is 4.84. The Bertz CT molecular complexity index is 1350. The maximum atomic E-state index is 12.0. The van der Waals surface area contributed by atoms with E-state index in [1.165, 1.54) is 6.26 Å². The molecule has 1 aliphatic carbocycles. The fraction of sp³-hybridized carbons (Fsp3) is 0.211. The number of amides is 1. The molecule has 28 heavy (non-hydrogen) atoms. The number of sulfone groups is 1. The third-order valence-corrected chi connectivity index (χ3v) is 5.95. The molecule has 0 bridgehead atoms. The van der Waals surface area contributed by atoms with Crippen LogP contribution in [0.1, 0.15) is 12.8 Å². The van der Waals surface area contributed by atoms with Crippen LogP contribution in [0.2, 0.25) is 0 Å². The summed E-state index contributed by atoms with van der Waals surface area (Å²) < 4.78 is 25.3. The lowest BCUT2D eigenvalue weighted by Gasteiger charge is -2.00. The summed E-state index contributed by atoms with van der Waals surface area (Å²) in [5, 5.41) is 7.98. The molecule has 5 rings (SSSR count). The van der Waals surface area contributed by atoms with Gasteiger partial charge in [-0.1, -0.05) is 6.07 Å². The molecule has 9 heteroatoms. The lowest BCUT2D eigenvalue weighted by molar-refractivity contribution is -0.117. The highest BCUT2D eigenvalue weighted by atomic mass is 32.2. The molecule has 1 saturated carbocycles. The average molecular weight is 395 g/mol. The fourth-order valence-corrected chi connectivity index (χ4v) is 3.86. The number of nitrogens with one attached hydrogen (secondary N) is 2. The SMILES string of the molecule is CS(=O)(=O)c1ccc2[nH]c(-c3cccc4nc(NC(=O)C5CC5)nn34)cc2c1. The van der Waals surface area contributed by atoms with Crippen molar-refractivity contribution in [2.24, 2.45) is 5.92 Å². The first-order chi connectivity index (χ1) is 13.4. The summed E-state index contributed by atoms with van der Waals surface area (Å²) in [5.41, 5.74) is 2.96. The molecule has 1 aliphatic rings. The van der Waals surface area contributed by atoms with Gasteiger partial charge in [0.25, 0.3) is 0 Å². The Labute approximate surface area is 160 Å². The largest absolute Gasteiger partial charge is 0.353 e. The summed E-state index contributed by atoms with van der Waals surface area (Å²) in [5.74, 6) is 0.306. The van der Waals surface area contributed by atoms with Crippen molar-refractivity contribution in [3.63, 3.8) is 0 Å². The van der Waals surface area contributed by atoms with E-state index in [1.807, 2.05) is 24.3 Å². The molecule has 3 heterocycles. The van der Waals surface area contributed by atoms with Crippen molar-refractivity contribution in [3.05, 3.63) is 42.5 Å². The van der Waals surface area contributed by atoms with Gasteiger partial charge in [0.2, 0.25) is 11.9 Å². The molecule has 0 saturated heterocycles. The lowest BCUT2D eigenvalue weighted by Crippen LogP contribution is -2.14. The van der Waals surface area contributed by atoms with E-state index >= 15 is 0 Å².